The molecule has 2 aromatic rings. The highest BCUT2D eigenvalue weighted by Gasteiger charge is 2.27. The van der Waals surface area contributed by atoms with Crippen molar-refractivity contribution in [3.8, 4) is 5.75 Å². The van der Waals surface area contributed by atoms with Gasteiger partial charge in [-0.05, 0) is 42.3 Å². The van der Waals surface area contributed by atoms with Gasteiger partial charge in [0.05, 0.1) is 11.6 Å². The van der Waals surface area contributed by atoms with Crippen molar-refractivity contribution in [2.24, 2.45) is 0 Å². The van der Waals surface area contributed by atoms with E-state index in [4.69, 9.17) is 7.85 Å². The number of hydrogen-bond donors (Lipinski definition) is 2. The van der Waals surface area contributed by atoms with E-state index in [1.165, 1.54) is 12.1 Å². The molecule has 3 rings (SSSR count). The van der Waals surface area contributed by atoms with E-state index in [-0.39, 0.29) is 22.8 Å². The van der Waals surface area contributed by atoms with Crippen LogP contribution in [0, 0.1) is 5.82 Å². The van der Waals surface area contributed by atoms with Crippen LogP contribution in [0.3, 0.4) is 0 Å². The molecule has 2 radical (unpaired) electrons. The minimum Gasteiger partial charge on any atom is -0.508 e. The molecule has 0 saturated heterocycles. The van der Waals surface area contributed by atoms with Crippen LogP contribution in [0.2, 0.25) is 0 Å². The van der Waals surface area contributed by atoms with E-state index in [0.717, 1.165) is 15.7 Å². The maximum absolute atomic E-state index is 14.0. The Kier molecular flexibility index (Phi) is 3.01. The van der Waals surface area contributed by atoms with Crippen LogP contribution in [-0.2, 0) is 6.42 Å². The molecule has 0 bridgehead atoms. The van der Waals surface area contributed by atoms with Gasteiger partial charge >= 0.3 is 0 Å². The van der Waals surface area contributed by atoms with Gasteiger partial charge in [0.25, 0.3) is 0 Å². The summed E-state index contributed by atoms with van der Waals surface area (Å²) in [5.74, 6) is -0.594. The molecule has 2 nitrogen and oxygen atoms in total. The van der Waals surface area contributed by atoms with Crippen LogP contribution >= 0.6 is 15.9 Å². The number of phenols is 1. The van der Waals surface area contributed by atoms with Gasteiger partial charge in [-0.1, -0.05) is 21.4 Å². The average molecular weight is 318 g/mol. The van der Waals surface area contributed by atoms with Gasteiger partial charge in [-0.3, -0.25) is 0 Å². The van der Waals surface area contributed by atoms with Crippen LogP contribution in [0.5, 0.6) is 5.75 Å². The molecule has 1 aliphatic rings. The second-order valence-corrected chi connectivity index (χ2v) is 5.55. The monoisotopic (exact) mass is 317 g/mol. The molecule has 94 valence electrons. The molecule has 2 N–H and O–H groups in total. The van der Waals surface area contributed by atoms with Gasteiger partial charge in [0.15, 0.2) is 0 Å². The molecule has 5 heteroatoms. The minimum atomic E-state index is -0.484. The molecule has 1 unspecified atom stereocenters. The van der Waals surface area contributed by atoms with E-state index in [1.807, 2.05) is 18.2 Å². The third-order valence-electron chi connectivity index (χ3n) is 3.30. The van der Waals surface area contributed by atoms with Gasteiger partial charge in [-0.2, -0.15) is 0 Å². The average Bonchev–Trinajstić information content (AvgIpc) is 2.69. The summed E-state index contributed by atoms with van der Waals surface area (Å²) in [5, 5.41) is 13.1. The molecular formula is C14H10BBrFNO. The van der Waals surface area contributed by atoms with E-state index in [0.29, 0.717) is 6.42 Å². The lowest BCUT2D eigenvalue weighted by Gasteiger charge is -2.15. The topological polar surface area (TPSA) is 32.3 Å². The number of rotatable bonds is 1. The summed E-state index contributed by atoms with van der Waals surface area (Å²) < 4.78 is 15.0. The molecular weight excluding hydrogens is 308 g/mol. The SMILES string of the molecule is [B]c1cc(O)c(C2Cc3cc(Br)ccc3N2)c(F)c1. The predicted molar refractivity (Wildman–Crippen MR) is 77.7 cm³/mol. The van der Waals surface area contributed by atoms with Gasteiger partial charge in [0, 0.05) is 10.2 Å². The first-order valence-electron chi connectivity index (χ1n) is 5.87. The van der Waals surface area contributed by atoms with Crippen LogP contribution in [0.4, 0.5) is 10.1 Å². The molecule has 0 saturated carbocycles. The number of anilines is 1. The molecule has 0 aliphatic carbocycles. The van der Waals surface area contributed by atoms with Crippen molar-refractivity contribution in [2.45, 2.75) is 12.5 Å². The quantitative estimate of drug-likeness (QED) is 0.793. The first-order chi connectivity index (χ1) is 9.04. The van der Waals surface area contributed by atoms with E-state index in [1.54, 1.807) is 0 Å². The van der Waals surface area contributed by atoms with E-state index >= 15 is 0 Å². The van der Waals surface area contributed by atoms with Crippen molar-refractivity contribution in [3.63, 3.8) is 0 Å². The fourth-order valence-corrected chi connectivity index (χ4v) is 2.88. The van der Waals surface area contributed by atoms with Gasteiger partial charge < -0.3 is 10.4 Å². The lowest BCUT2D eigenvalue weighted by molar-refractivity contribution is 0.454. The zero-order valence-electron chi connectivity index (χ0n) is 9.95. The summed E-state index contributed by atoms with van der Waals surface area (Å²) in [6.07, 6.45) is 0.628. The van der Waals surface area contributed by atoms with Crippen LogP contribution in [0.1, 0.15) is 17.2 Å². The lowest BCUT2D eigenvalue weighted by atomic mass is 9.91. The second-order valence-electron chi connectivity index (χ2n) is 4.64. The summed E-state index contributed by atoms with van der Waals surface area (Å²) in [5.41, 5.74) is 2.54. The van der Waals surface area contributed by atoms with Gasteiger partial charge in [-0.25, -0.2) is 4.39 Å². The number of benzene rings is 2. The van der Waals surface area contributed by atoms with Crippen molar-refractivity contribution >= 4 is 34.9 Å². The molecule has 1 aliphatic heterocycles. The zero-order valence-corrected chi connectivity index (χ0v) is 11.5. The highest BCUT2D eigenvalue weighted by molar-refractivity contribution is 9.10. The maximum Gasteiger partial charge on any atom is 0.131 e. The molecule has 1 heterocycles. The third kappa shape index (κ3) is 2.23. The third-order valence-corrected chi connectivity index (χ3v) is 3.79. The number of fused-ring (bicyclic) bond motifs is 1. The molecule has 2 aromatic carbocycles. The van der Waals surface area contributed by atoms with Crippen LogP contribution in [0.25, 0.3) is 0 Å². The Hall–Kier alpha value is -1.49. The Bertz CT molecular complexity index is 639. The van der Waals surface area contributed by atoms with Crippen molar-refractivity contribution < 1.29 is 9.50 Å². The minimum absolute atomic E-state index is 0.109. The smallest absolute Gasteiger partial charge is 0.131 e. The number of hydrogen-bond acceptors (Lipinski definition) is 2. The Balaban J connectivity index is 1.99. The summed E-state index contributed by atoms with van der Waals surface area (Å²) in [4.78, 5) is 0. The Morgan fingerprint density at radius 2 is 2.11 bits per heavy atom. The fourth-order valence-electron chi connectivity index (χ4n) is 2.47. The Morgan fingerprint density at radius 1 is 1.32 bits per heavy atom. The number of nitrogens with one attached hydrogen (secondary N) is 1. The summed E-state index contributed by atoms with van der Waals surface area (Å²) in [7, 11) is 5.50. The first kappa shape index (κ1) is 12.5. The highest BCUT2D eigenvalue weighted by Crippen LogP contribution is 2.39. The van der Waals surface area contributed by atoms with Crippen molar-refractivity contribution in [3.05, 3.63) is 51.7 Å². The van der Waals surface area contributed by atoms with Gasteiger partial charge in [0.2, 0.25) is 0 Å². The highest BCUT2D eigenvalue weighted by atomic mass is 79.9. The van der Waals surface area contributed by atoms with Crippen LogP contribution in [0.15, 0.2) is 34.8 Å². The largest absolute Gasteiger partial charge is 0.508 e. The van der Waals surface area contributed by atoms with E-state index in [2.05, 4.69) is 21.2 Å². The standard InChI is InChI=1S/C14H10BBrFNO/c15-8-5-10(17)14(13(19)6-8)12-4-7-3-9(16)1-2-11(7)18-12/h1-3,5-6,12,18-19H,4H2. The van der Waals surface area contributed by atoms with Gasteiger partial charge in [0.1, 0.15) is 19.4 Å². The van der Waals surface area contributed by atoms with E-state index in [9.17, 15) is 9.50 Å². The molecule has 0 fully saturated rings. The molecule has 0 aromatic heterocycles. The van der Waals surface area contributed by atoms with Crippen LogP contribution in [-0.4, -0.2) is 13.0 Å². The van der Waals surface area contributed by atoms with Gasteiger partial charge in [-0.15, -0.1) is 0 Å². The van der Waals surface area contributed by atoms with Crippen molar-refractivity contribution in [2.75, 3.05) is 5.32 Å². The van der Waals surface area contributed by atoms with Crippen LogP contribution < -0.4 is 10.8 Å². The first-order valence-corrected chi connectivity index (χ1v) is 6.67. The Morgan fingerprint density at radius 3 is 2.84 bits per heavy atom. The van der Waals surface area contributed by atoms with Crippen molar-refractivity contribution in [1.29, 1.82) is 0 Å². The molecule has 1 atom stereocenters. The molecule has 0 spiro atoms. The normalized spacial score (nSPS) is 17.1. The maximum atomic E-state index is 14.0. The van der Waals surface area contributed by atoms with E-state index < -0.39 is 5.82 Å². The lowest BCUT2D eigenvalue weighted by Crippen LogP contribution is -2.12. The number of halogens is 2. The second kappa shape index (κ2) is 4.56. The summed E-state index contributed by atoms with van der Waals surface area (Å²) >= 11 is 3.41. The number of aromatic hydroxyl groups is 1. The Labute approximate surface area is 120 Å². The zero-order chi connectivity index (χ0) is 13.6. The molecule has 19 heavy (non-hydrogen) atoms. The number of phenolic OH excluding ortho intramolecular Hbond substituents is 1. The predicted octanol–water partition coefficient (Wildman–Crippen LogP) is 2.80. The summed E-state index contributed by atoms with van der Waals surface area (Å²) in [6.45, 7) is 0. The molecule has 0 amide bonds. The summed E-state index contributed by atoms with van der Waals surface area (Å²) in [6, 6.07) is 8.19. The fraction of sp³-hybridized carbons (Fsp3) is 0.143. The van der Waals surface area contributed by atoms with Crippen molar-refractivity contribution in [1.82, 2.24) is 0 Å².